The number of anilines is 1. The molecule has 4 N–H and O–H groups in total. The zero-order chi connectivity index (χ0) is 25.0. The lowest BCUT2D eigenvalue weighted by molar-refractivity contribution is -0.773. The van der Waals surface area contributed by atoms with Crippen LogP contribution in [0.5, 0.6) is 5.75 Å². The topological polar surface area (TPSA) is 155 Å². The quantitative estimate of drug-likeness (QED) is 0.257. The van der Waals surface area contributed by atoms with Crippen LogP contribution in [0.2, 0.25) is 0 Å². The van der Waals surface area contributed by atoms with Crippen molar-refractivity contribution in [3.63, 3.8) is 0 Å². The van der Waals surface area contributed by atoms with E-state index in [2.05, 4.69) is 10.1 Å². The summed E-state index contributed by atoms with van der Waals surface area (Å²) in [6.45, 7) is -0.327. The first-order valence-corrected chi connectivity index (χ1v) is 12.6. The lowest BCUT2D eigenvalue weighted by Crippen LogP contribution is -2.56. The number of aromatic amines is 1. The van der Waals surface area contributed by atoms with Gasteiger partial charge in [-0.05, 0) is 44.7 Å². The molecule has 12 nitrogen and oxygen atoms in total. The van der Waals surface area contributed by atoms with Crippen molar-refractivity contribution in [1.29, 1.82) is 0 Å². The number of rotatable bonds is 9. The molecule has 0 radical (unpaired) electrons. The van der Waals surface area contributed by atoms with Crippen molar-refractivity contribution < 1.29 is 41.6 Å². The van der Waals surface area contributed by atoms with Crippen molar-refractivity contribution in [2.45, 2.75) is 57.5 Å². The lowest BCUT2D eigenvalue weighted by Gasteiger charge is -2.25. The van der Waals surface area contributed by atoms with Crippen molar-refractivity contribution >= 4 is 19.5 Å². The zero-order valence-electron chi connectivity index (χ0n) is 18.9. The Morgan fingerprint density at radius 1 is 1.31 bits per heavy atom. The van der Waals surface area contributed by atoms with E-state index >= 15 is 0 Å². The number of benzene rings is 1. The normalized spacial score (nSPS) is 23.0. The van der Waals surface area contributed by atoms with Gasteiger partial charge in [0, 0.05) is 0 Å². The number of nitrogens with zero attached hydrogens (tertiary/aromatic N) is 1. The molecule has 190 valence electrons. The van der Waals surface area contributed by atoms with E-state index in [0.29, 0.717) is 0 Å². The van der Waals surface area contributed by atoms with Crippen LogP contribution in [-0.2, 0) is 28.1 Å². The number of nitrogens with two attached hydrogens (primary N) is 1. The van der Waals surface area contributed by atoms with Crippen LogP contribution in [0.15, 0.2) is 41.3 Å². The Bertz CT molecular complexity index is 1140. The second kappa shape index (κ2) is 10.8. The molecule has 4 atom stereocenters. The molecular weight excluding hydrogens is 486 g/mol. The number of halogens is 1. The van der Waals surface area contributed by atoms with Crippen LogP contribution in [0.3, 0.4) is 0 Å². The van der Waals surface area contributed by atoms with Crippen molar-refractivity contribution in [3.8, 4) is 5.75 Å². The van der Waals surface area contributed by atoms with Gasteiger partial charge in [0.2, 0.25) is 17.9 Å². The molecule has 1 aromatic carbocycles. The number of H-pyrrole nitrogens is 1. The van der Waals surface area contributed by atoms with Crippen LogP contribution in [-0.4, -0.2) is 36.2 Å². The van der Waals surface area contributed by atoms with E-state index in [9.17, 15) is 18.5 Å². The first kappa shape index (κ1) is 25.3. The maximum Gasteiger partial charge on any atom is 0.499 e. The summed E-state index contributed by atoms with van der Waals surface area (Å²) in [7, 11) is -4.28. The minimum absolute atomic E-state index is 0.181. The molecule has 1 saturated heterocycles. The highest BCUT2D eigenvalue weighted by Crippen LogP contribution is 2.47. The van der Waals surface area contributed by atoms with Crippen LogP contribution in [0, 0.1) is 5.82 Å². The highest BCUT2D eigenvalue weighted by atomic mass is 31.2. The van der Waals surface area contributed by atoms with Crippen LogP contribution in [0.4, 0.5) is 10.2 Å². The van der Waals surface area contributed by atoms with Crippen molar-refractivity contribution in [2.24, 2.45) is 0 Å². The van der Waals surface area contributed by atoms with Gasteiger partial charge in [-0.25, -0.2) is 9.09 Å². The Hall–Kier alpha value is -2.83. The van der Waals surface area contributed by atoms with Gasteiger partial charge in [-0.1, -0.05) is 18.2 Å². The fourth-order valence-electron chi connectivity index (χ4n) is 3.65. The lowest BCUT2D eigenvalue weighted by atomic mass is 10.3. The first-order valence-electron chi connectivity index (χ1n) is 11.1. The number of carbonyl (C=O) groups excluding carboxylic acids is 1. The SMILES string of the molecule is C[C@H](N[P@@](=O)(Oc1ccccc1)O[C@H]1OC[C@@H]([n+]2cc(F)c(N)[nH]c2=O)O1)C(=O)OC1CCCC1. The minimum atomic E-state index is -4.28. The van der Waals surface area contributed by atoms with Gasteiger partial charge in [0.15, 0.2) is 0 Å². The Kier molecular flexibility index (Phi) is 7.82. The minimum Gasteiger partial charge on any atom is -0.461 e. The molecule has 35 heavy (non-hydrogen) atoms. The molecule has 0 spiro atoms. The number of esters is 1. The van der Waals surface area contributed by atoms with Gasteiger partial charge in [0.1, 0.15) is 30.7 Å². The van der Waals surface area contributed by atoms with Gasteiger partial charge in [-0.2, -0.15) is 23.8 Å². The van der Waals surface area contributed by atoms with Gasteiger partial charge in [0.25, 0.3) is 6.48 Å². The summed E-state index contributed by atoms with van der Waals surface area (Å²) in [6.07, 6.45) is 3.09. The largest absolute Gasteiger partial charge is 0.499 e. The number of nitrogen functional groups attached to an aromatic ring is 1. The zero-order valence-corrected chi connectivity index (χ0v) is 19.8. The van der Waals surface area contributed by atoms with Gasteiger partial charge in [-0.3, -0.25) is 9.53 Å². The van der Waals surface area contributed by atoms with Gasteiger partial charge in [-0.15, -0.1) is 0 Å². The van der Waals surface area contributed by atoms with Gasteiger partial charge < -0.3 is 19.7 Å². The number of nitrogens with one attached hydrogen (secondary N) is 2. The molecule has 2 fully saturated rings. The summed E-state index contributed by atoms with van der Waals surface area (Å²) in [6, 6.07) is 7.10. The molecule has 2 heterocycles. The molecule has 1 saturated carbocycles. The summed E-state index contributed by atoms with van der Waals surface area (Å²) in [5.74, 6) is -1.71. The van der Waals surface area contributed by atoms with Crippen LogP contribution in [0.25, 0.3) is 0 Å². The second-order valence-corrected chi connectivity index (χ2v) is 9.79. The van der Waals surface area contributed by atoms with Crippen LogP contribution >= 0.6 is 7.75 Å². The van der Waals surface area contributed by atoms with Gasteiger partial charge in [0.05, 0.1) is 0 Å². The maximum absolute atomic E-state index is 13.8. The number of para-hydroxylation sites is 1. The third-order valence-electron chi connectivity index (χ3n) is 5.42. The molecular formula is C21H27FN4O8P+. The number of hydrogen-bond donors (Lipinski definition) is 3. The van der Waals surface area contributed by atoms with Crippen molar-refractivity contribution in [2.75, 3.05) is 12.3 Å². The molecule has 2 aliphatic rings. The standard InChI is InChI=1S/C21H26FN4O8P/c1-13(19(27)31-14-7-5-6-8-14)25-35(29,33-15-9-3-2-4-10-15)34-21-30-12-17(32-21)26-11-16(22)18(23)24-20(26)28/h2-4,9-11,13-14,17,21H,5-8,12H2,1H3,(H3,23,24,25,28,29)/p+1/t13-,17-,21-,35+/m0/s1. The number of carbonyl (C=O) groups is 1. The average molecular weight is 513 g/mol. The molecule has 1 aromatic heterocycles. The summed E-state index contributed by atoms with van der Waals surface area (Å²) in [4.78, 5) is 26.8. The smallest absolute Gasteiger partial charge is 0.461 e. The van der Waals surface area contributed by atoms with E-state index in [1.54, 1.807) is 30.3 Å². The van der Waals surface area contributed by atoms with E-state index < -0.39 is 49.8 Å². The Balaban J connectivity index is 1.46. The summed E-state index contributed by atoms with van der Waals surface area (Å²) < 4.78 is 55.7. The van der Waals surface area contributed by atoms with E-state index in [1.165, 1.54) is 6.92 Å². The summed E-state index contributed by atoms with van der Waals surface area (Å²) in [5, 5.41) is 2.55. The number of aromatic nitrogens is 2. The monoisotopic (exact) mass is 513 g/mol. The Morgan fingerprint density at radius 3 is 2.74 bits per heavy atom. The highest BCUT2D eigenvalue weighted by molar-refractivity contribution is 7.52. The van der Waals surface area contributed by atoms with Crippen molar-refractivity contribution in [3.05, 3.63) is 52.8 Å². The summed E-state index contributed by atoms with van der Waals surface area (Å²) >= 11 is 0. The molecule has 2 aromatic rings. The fraction of sp³-hybridized carbons (Fsp3) is 0.476. The third kappa shape index (κ3) is 6.44. The fourth-order valence-corrected chi connectivity index (χ4v) is 5.12. The summed E-state index contributed by atoms with van der Waals surface area (Å²) in [5.41, 5.74) is 4.61. The Labute approximate surface area is 200 Å². The first-order chi connectivity index (χ1) is 16.7. The molecule has 4 rings (SSSR count). The van der Waals surface area contributed by atoms with E-state index in [0.717, 1.165) is 36.4 Å². The molecule has 1 aliphatic heterocycles. The van der Waals surface area contributed by atoms with E-state index in [4.69, 9.17) is 29.0 Å². The third-order valence-corrected chi connectivity index (χ3v) is 7.03. The number of hydrogen-bond acceptors (Lipinski definition) is 9. The highest BCUT2D eigenvalue weighted by Gasteiger charge is 2.41. The second-order valence-electron chi connectivity index (χ2n) is 8.14. The molecule has 0 unspecified atom stereocenters. The molecule has 1 aliphatic carbocycles. The number of ether oxygens (including phenoxy) is 3. The molecule has 0 amide bonds. The van der Waals surface area contributed by atoms with E-state index in [1.807, 2.05) is 0 Å². The predicted molar refractivity (Wildman–Crippen MR) is 118 cm³/mol. The van der Waals surface area contributed by atoms with E-state index in [-0.39, 0.29) is 18.5 Å². The van der Waals surface area contributed by atoms with Gasteiger partial charge >= 0.3 is 19.4 Å². The van der Waals surface area contributed by atoms with Crippen LogP contribution in [0.1, 0.15) is 38.8 Å². The Morgan fingerprint density at radius 2 is 2.03 bits per heavy atom. The van der Waals surface area contributed by atoms with Crippen molar-refractivity contribution in [1.82, 2.24) is 10.1 Å². The molecule has 0 bridgehead atoms. The molecule has 14 heteroatoms. The maximum atomic E-state index is 13.8. The predicted octanol–water partition coefficient (Wildman–Crippen LogP) is 1.88. The average Bonchev–Trinajstić information content (AvgIpc) is 3.49. The van der Waals surface area contributed by atoms with Crippen LogP contribution < -0.4 is 25.6 Å².